The van der Waals surface area contributed by atoms with Gasteiger partial charge in [0.2, 0.25) is 11.9 Å². The quantitative estimate of drug-likeness (QED) is 0.151. The van der Waals surface area contributed by atoms with Crippen molar-refractivity contribution < 1.29 is 9.59 Å². The molecule has 3 aromatic rings. The van der Waals surface area contributed by atoms with E-state index in [-0.39, 0.29) is 29.9 Å². The number of fused-ring (bicyclic) bond motifs is 3. The number of benzene rings is 3. The number of carbonyl (C=O) groups is 2. The molecule has 11 heteroatoms. The molecule has 1 N–H and O–H groups in total. The number of piperazine rings is 2. The largest absolute Gasteiger partial charge is 0.336 e. The van der Waals surface area contributed by atoms with Gasteiger partial charge in [-0.3, -0.25) is 19.8 Å². The van der Waals surface area contributed by atoms with Gasteiger partial charge in [-0.05, 0) is 68.7 Å². The maximum absolute atomic E-state index is 13.9. The number of rotatable bonds is 6. The minimum Gasteiger partial charge on any atom is -0.336 e. The van der Waals surface area contributed by atoms with E-state index in [1.54, 1.807) is 6.07 Å². The number of aryl methyl sites for hydroxylation is 2. The lowest BCUT2D eigenvalue weighted by Gasteiger charge is -2.52. The number of aliphatic imine (C=N–C) groups is 1. The van der Waals surface area contributed by atoms with Crippen LogP contribution in [-0.2, 0) is 4.79 Å². The van der Waals surface area contributed by atoms with E-state index in [1.165, 1.54) is 0 Å². The zero-order chi connectivity index (χ0) is 33.1. The Morgan fingerprint density at radius 3 is 2.32 bits per heavy atom. The summed E-state index contributed by atoms with van der Waals surface area (Å²) < 4.78 is 0. The molecular weight excluding hydrogens is 633 g/mol. The summed E-state index contributed by atoms with van der Waals surface area (Å²) in [5, 5.41) is 13.1. The summed E-state index contributed by atoms with van der Waals surface area (Å²) in [4.78, 5) is 40.7. The molecule has 0 aliphatic carbocycles. The van der Waals surface area contributed by atoms with Crippen molar-refractivity contribution in [2.75, 3.05) is 39.3 Å². The Morgan fingerprint density at radius 1 is 0.894 bits per heavy atom. The Kier molecular flexibility index (Phi) is 10.0. The standard InChI is InChI=1S/C36H39Cl2N7O2/c1-24-16-25(2)18-27(17-24)35(47)43-14-15-44(33(22-43)26-8-11-31(37)32(38)19-26)34(46)12-13-42-20-30-10-9-29(42)21-45(30)36(40-23-39)41-28-6-4-3-5-7-28/h3-8,11,16-19,29-30,33H,9-10,12-15,20-22H2,1-2H3,(H,40,41). The van der Waals surface area contributed by atoms with Gasteiger partial charge in [0, 0.05) is 63.3 Å². The average molecular weight is 673 g/mol. The number of para-hydroxylation sites is 1. The molecule has 47 heavy (non-hydrogen) atoms. The van der Waals surface area contributed by atoms with Gasteiger partial charge in [0.05, 0.1) is 21.8 Å². The highest BCUT2D eigenvalue weighted by Crippen LogP contribution is 2.33. The van der Waals surface area contributed by atoms with Crippen LogP contribution >= 0.6 is 23.2 Å². The van der Waals surface area contributed by atoms with Gasteiger partial charge in [-0.15, -0.1) is 0 Å². The van der Waals surface area contributed by atoms with Crippen molar-refractivity contribution in [3.63, 3.8) is 0 Å². The highest BCUT2D eigenvalue weighted by atomic mass is 35.5. The Labute approximate surface area is 286 Å². The van der Waals surface area contributed by atoms with Crippen molar-refractivity contribution in [1.82, 2.24) is 24.9 Å². The van der Waals surface area contributed by atoms with Crippen molar-refractivity contribution in [2.45, 2.75) is 51.2 Å². The first kappa shape index (κ1) is 32.8. The third kappa shape index (κ3) is 7.41. The number of hydrogen-bond acceptors (Lipinski definition) is 5. The van der Waals surface area contributed by atoms with Gasteiger partial charge in [0.1, 0.15) is 0 Å². The molecule has 2 amide bonds. The van der Waals surface area contributed by atoms with Crippen molar-refractivity contribution >= 4 is 46.7 Å². The predicted molar refractivity (Wildman–Crippen MR) is 185 cm³/mol. The van der Waals surface area contributed by atoms with Crippen molar-refractivity contribution in [3.8, 4) is 6.19 Å². The number of nitriles is 1. The molecule has 0 aromatic heterocycles. The lowest BCUT2D eigenvalue weighted by molar-refractivity contribution is -0.136. The maximum atomic E-state index is 13.9. The summed E-state index contributed by atoms with van der Waals surface area (Å²) >= 11 is 12.7. The summed E-state index contributed by atoms with van der Waals surface area (Å²) in [5.74, 6) is 0.584. The van der Waals surface area contributed by atoms with E-state index < -0.39 is 0 Å². The van der Waals surface area contributed by atoms with Crippen molar-refractivity contribution in [3.05, 3.63) is 99.0 Å². The number of nitrogens with zero attached hydrogens (tertiary/aromatic N) is 6. The van der Waals surface area contributed by atoms with Crippen LogP contribution in [0.15, 0.2) is 71.7 Å². The summed E-state index contributed by atoms with van der Waals surface area (Å²) in [6, 6.07) is 21.1. The third-order valence-electron chi connectivity index (χ3n) is 9.47. The van der Waals surface area contributed by atoms with Crippen LogP contribution in [0.4, 0.5) is 5.69 Å². The SMILES string of the molecule is Cc1cc(C)cc(C(=O)N2CCN(C(=O)CCN3CC4CCC3CN4C(=Nc3ccccc3)NC#N)C(c3ccc(Cl)c(Cl)c3)C2)c1. The van der Waals surface area contributed by atoms with Gasteiger partial charge in [0.25, 0.3) is 5.91 Å². The van der Waals surface area contributed by atoms with Gasteiger partial charge in [-0.1, -0.05) is 64.7 Å². The number of amides is 2. The topological polar surface area (TPSA) is 95.3 Å². The smallest absolute Gasteiger partial charge is 0.254 e. The van der Waals surface area contributed by atoms with E-state index >= 15 is 0 Å². The average Bonchev–Trinajstić information content (AvgIpc) is 3.08. The zero-order valence-electron chi connectivity index (χ0n) is 26.7. The van der Waals surface area contributed by atoms with Crippen LogP contribution in [0.2, 0.25) is 10.0 Å². The molecule has 0 saturated carbocycles. The number of halogens is 2. The minimum atomic E-state index is -0.344. The summed E-state index contributed by atoms with van der Waals surface area (Å²) in [6.45, 7) is 7.41. The molecule has 7 rings (SSSR count). The summed E-state index contributed by atoms with van der Waals surface area (Å²) in [6.07, 6.45) is 4.46. The molecule has 4 aliphatic rings. The van der Waals surface area contributed by atoms with E-state index in [0.29, 0.717) is 54.2 Å². The molecule has 3 atom stereocenters. The lowest BCUT2D eigenvalue weighted by Crippen LogP contribution is -2.65. The Hall–Kier alpha value is -4.10. The van der Waals surface area contributed by atoms with E-state index in [4.69, 9.17) is 28.2 Å². The first-order valence-electron chi connectivity index (χ1n) is 16.1. The van der Waals surface area contributed by atoms with Crippen molar-refractivity contribution in [2.24, 2.45) is 4.99 Å². The van der Waals surface area contributed by atoms with E-state index in [0.717, 1.165) is 48.3 Å². The second-order valence-electron chi connectivity index (χ2n) is 12.7. The van der Waals surface area contributed by atoms with Gasteiger partial charge in [-0.2, -0.15) is 5.26 Å². The van der Waals surface area contributed by atoms with E-state index in [1.807, 2.05) is 78.2 Å². The van der Waals surface area contributed by atoms with Gasteiger partial charge >= 0.3 is 0 Å². The van der Waals surface area contributed by atoms with Gasteiger partial charge in [-0.25, -0.2) is 4.99 Å². The summed E-state index contributed by atoms with van der Waals surface area (Å²) in [7, 11) is 0. The van der Waals surface area contributed by atoms with E-state index in [9.17, 15) is 14.9 Å². The Balaban J connectivity index is 1.14. The molecule has 244 valence electrons. The highest BCUT2D eigenvalue weighted by Gasteiger charge is 2.41. The van der Waals surface area contributed by atoms with E-state index in [2.05, 4.69) is 27.4 Å². The molecule has 2 bridgehead atoms. The van der Waals surface area contributed by atoms with Crippen LogP contribution in [0.1, 0.15) is 52.4 Å². The third-order valence-corrected chi connectivity index (χ3v) is 10.2. The number of piperidine rings is 2. The number of carbonyl (C=O) groups excluding carboxylic acids is 2. The first-order chi connectivity index (χ1) is 22.7. The minimum absolute atomic E-state index is 0.0380. The number of hydrogen-bond donors (Lipinski definition) is 1. The van der Waals surface area contributed by atoms with Gasteiger partial charge < -0.3 is 14.7 Å². The van der Waals surface area contributed by atoms with Crippen molar-refractivity contribution in [1.29, 1.82) is 5.26 Å². The lowest BCUT2D eigenvalue weighted by atomic mass is 9.90. The molecule has 0 spiro atoms. The molecule has 3 aromatic carbocycles. The van der Waals surface area contributed by atoms with Crippen LogP contribution in [0.25, 0.3) is 0 Å². The second-order valence-corrected chi connectivity index (χ2v) is 13.5. The molecule has 3 unspecified atom stereocenters. The molecule has 4 saturated heterocycles. The van der Waals surface area contributed by atoms with Crippen LogP contribution in [0.3, 0.4) is 0 Å². The monoisotopic (exact) mass is 671 g/mol. The molecule has 4 aliphatic heterocycles. The predicted octanol–water partition coefficient (Wildman–Crippen LogP) is 5.93. The van der Waals surface area contributed by atoms with Crippen LogP contribution in [0, 0.1) is 25.3 Å². The molecule has 4 heterocycles. The van der Waals surface area contributed by atoms with Crippen LogP contribution in [0.5, 0.6) is 0 Å². The maximum Gasteiger partial charge on any atom is 0.254 e. The molecule has 9 nitrogen and oxygen atoms in total. The molecular formula is C36H39Cl2N7O2. The second kappa shape index (κ2) is 14.3. The number of nitrogens with one attached hydrogen (secondary N) is 1. The zero-order valence-corrected chi connectivity index (χ0v) is 28.2. The Morgan fingerprint density at radius 2 is 1.64 bits per heavy atom. The first-order valence-corrected chi connectivity index (χ1v) is 16.9. The normalized spacial score (nSPS) is 21.5. The fourth-order valence-corrected chi connectivity index (χ4v) is 7.53. The highest BCUT2D eigenvalue weighted by molar-refractivity contribution is 6.42. The fraction of sp³-hybridized carbons (Fsp3) is 0.389. The fourth-order valence-electron chi connectivity index (χ4n) is 7.22. The van der Waals surface area contributed by atoms with Crippen LogP contribution < -0.4 is 5.32 Å². The number of guanidine groups is 1. The molecule has 4 fully saturated rings. The van der Waals surface area contributed by atoms with Crippen LogP contribution in [-0.4, -0.2) is 88.7 Å². The van der Waals surface area contributed by atoms with Gasteiger partial charge in [0.15, 0.2) is 6.19 Å². The molecule has 0 radical (unpaired) electrons. The summed E-state index contributed by atoms with van der Waals surface area (Å²) in [5.41, 5.74) is 4.39. The Bertz CT molecular complexity index is 1690.